The highest BCUT2D eigenvalue weighted by molar-refractivity contribution is 7.98. The first kappa shape index (κ1) is 26.4. The molecule has 37 heavy (non-hydrogen) atoms. The first-order valence-electron chi connectivity index (χ1n) is 13.0. The monoisotopic (exact) mass is 545 g/mol. The first-order valence-corrected chi connectivity index (χ1v) is 14.6. The van der Waals surface area contributed by atoms with Crippen LogP contribution in [0.4, 0.5) is 0 Å². The molecule has 3 aliphatic rings. The minimum absolute atomic E-state index is 0.126. The summed E-state index contributed by atoms with van der Waals surface area (Å²) in [6.07, 6.45) is 6.77. The number of benzene rings is 1. The number of H-pyrrole nitrogens is 1. The van der Waals surface area contributed by atoms with E-state index in [9.17, 15) is 9.59 Å². The zero-order valence-corrected chi connectivity index (χ0v) is 24.1. The van der Waals surface area contributed by atoms with E-state index in [4.69, 9.17) is 21.1 Å². The van der Waals surface area contributed by atoms with Gasteiger partial charge in [0.25, 0.3) is 17.3 Å². The summed E-state index contributed by atoms with van der Waals surface area (Å²) >= 11 is 8.42. The standard InChI is InChI=1S/C28H36ClN3O4S/c1-15-13-21(37-6)20(26(33)30-15)14-32-12-11-19-22(27(32)34)16(2)24-25(23(19)29)36-28(3,35-24)17-7-9-18(10-8-17)31(4)5/h13,17-18H,7-12,14H2,1-6H3,(H,30,33). The molecular formula is C28H36ClN3O4S. The van der Waals surface area contributed by atoms with Crippen LogP contribution in [0.15, 0.2) is 15.8 Å². The van der Waals surface area contributed by atoms with E-state index in [1.807, 2.05) is 33.1 Å². The van der Waals surface area contributed by atoms with Gasteiger partial charge in [-0.25, -0.2) is 0 Å². The van der Waals surface area contributed by atoms with Gasteiger partial charge in [0, 0.05) is 41.6 Å². The number of hydrogen-bond donors (Lipinski definition) is 1. The molecule has 1 N–H and O–H groups in total. The van der Waals surface area contributed by atoms with E-state index in [0.717, 1.165) is 47.4 Å². The number of rotatable bonds is 5. The number of hydrogen-bond acceptors (Lipinski definition) is 6. The van der Waals surface area contributed by atoms with E-state index in [2.05, 4.69) is 24.0 Å². The maximum absolute atomic E-state index is 13.8. The fourth-order valence-corrected chi connectivity index (χ4v) is 7.18. The van der Waals surface area contributed by atoms with Crippen molar-refractivity contribution in [2.24, 2.45) is 5.92 Å². The summed E-state index contributed by atoms with van der Waals surface area (Å²) < 4.78 is 13.0. The molecule has 1 aliphatic carbocycles. The van der Waals surface area contributed by atoms with Crippen molar-refractivity contribution >= 4 is 29.3 Å². The van der Waals surface area contributed by atoms with Crippen LogP contribution in [0.2, 0.25) is 5.02 Å². The second kappa shape index (κ2) is 9.86. The minimum atomic E-state index is -0.802. The largest absolute Gasteiger partial charge is 0.448 e. The van der Waals surface area contributed by atoms with Gasteiger partial charge in [0.1, 0.15) is 0 Å². The Morgan fingerprint density at radius 3 is 2.49 bits per heavy atom. The predicted octanol–water partition coefficient (Wildman–Crippen LogP) is 5.17. The first-order chi connectivity index (χ1) is 17.5. The molecule has 0 spiro atoms. The van der Waals surface area contributed by atoms with Crippen LogP contribution in [-0.2, 0) is 13.0 Å². The molecule has 200 valence electrons. The van der Waals surface area contributed by atoms with E-state index in [1.54, 1.807) is 4.90 Å². The molecule has 1 fully saturated rings. The molecule has 9 heteroatoms. The van der Waals surface area contributed by atoms with Crippen molar-refractivity contribution in [3.05, 3.63) is 49.4 Å². The highest BCUT2D eigenvalue weighted by atomic mass is 35.5. The lowest BCUT2D eigenvalue weighted by atomic mass is 9.81. The van der Waals surface area contributed by atoms with Gasteiger partial charge >= 0.3 is 0 Å². The van der Waals surface area contributed by atoms with Crippen LogP contribution in [0.1, 0.15) is 65.3 Å². The maximum Gasteiger partial charge on any atom is 0.254 e. The van der Waals surface area contributed by atoms with Gasteiger partial charge in [-0.05, 0) is 77.9 Å². The zero-order valence-electron chi connectivity index (χ0n) is 22.5. The number of ether oxygens (including phenoxy) is 2. The van der Waals surface area contributed by atoms with Crippen LogP contribution in [-0.4, -0.2) is 59.4 Å². The van der Waals surface area contributed by atoms with E-state index < -0.39 is 5.79 Å². The van der Waals surface area contributed by atoms with Gasteiger partial charge in [-0.2, -0.15) is 0 Å². The highest BCUT2D eigenvalue weighted by Gasteiger charge is 2.48. The SMILES string of the molecule is CSc1cc(C)[nH]c(=O)c1CN1CCc2c(Cl)c3c(c(C)c2C1=O)OC(C)(C1CCC(N(C)C)CC1)O3. The molecule has 1 aromatic carbocycles. The number of carbonyl (C=O) groups excluding carboxylic acids is 1. The van der Waals surface area contributed by atoms with Crippen LogP contribution in [0.5, 0.6) is 11.5 Å². The fraction of sp³-hybridized carbons (Fsp3) is 0.571. The normalized spacial score (nSPS) is 25.1. The molecule has 1 aromatic heterocycles. The lowest BCUT2D eigenvalue weighted by Gasteiger charge is -2.39. The smallest absolute Gasteiger partial charge is 0.254 e. The summed E-state index contributed by atoms with van der Waals surface area (Å²) in [5.41, 5.74) is 3.42. The summed E-state index contributed by atoms with van der Waals surface area (Å²) in [4.78, 5) is 34.3. The summed E-state index contributed by atoms with van der Waals surface area (Å²) in [6.45, 7) is 6.52. The molecule has 0 radical (unpaired) electrons. The molecule has 1 amide bonds. The van der Waals surface area contributed by atoms with Gasteiger partial charge < -0.3 is 24.3 Å². The van der Waals surface area contributed by atoms with Crippen LogP contribution in [0.3, 0.4) is 0 Å². The highest BCUT2D eigenvalue weighted by Crippen LogP contribution is 2.54. The van der Waals surface area contributed by atoms with Gasteiger partial charge in [0.15, 0.2) is 11.5 Å². The topological polar surface area (TPSA) is 74.9 Å². The summed E-state index contributed by atoms with van der Waals surface area (Å²) in [5, 5.41) is 0.479. The number of aromatic amines is 1. The van der Waals surface area contributed by atoms with Crippen molar-refractivity contribution < 1.29 is 14.3 Å². The quantitative estimate of drug-likeness (QED) is 0.522. The third kappa shape index (κ3) is 4.55. The number of aryl methyl sites for hydroxylation is 1. The second-order valence-electron chi connectivity index (χ2n) is 10.9. The number of thioether (sulfide) groups is 1. The molecule has 1 atom stereocenters. The predicted molar refractivity (Wildman–Crippen MR) is 147 cm³/mol. The minimum Gasteiger partial charge on any atom is -0.448 e. The van der Waals surface area contributed by atoms with Gasteiger partial charge in [-0.1, -0.05) is 11.6 Å². The van der Waals surface area contributed by atoms with Crippen LogP contribution < -0.4 is 15.0 Å². The summed E-state index contributed by atoms with van der Waals surface area (Å²) in [7, 11) is 4.27. The molecule has 1 saturated carbocycles. The average molecular weight is 546 g/mol. The number of pyridine rings is 1. The number of aromatic nitrogens is 1. The lowest BCUT2D eigenvalue weighted by molar-refractivity contribution is -0.123. The van der Waals surface area contributed by atoms with Gasteiger partial charge in [-0.3, -0.25) is 9.59 Å². The van der Waals surface area contributed by atoms with Crippen molar-refractivity contribution in [1.82, 2.24) is 14.8 Å². The Labute approximate surface area is 227 Å². The Hall–Kier alpha value is -2.16. The molecule has 0 bridgehead atoms. The third-order valence-corrected chi connectivity index (χ3v) is 9.60. The number of fused-ring (bicyclic) bond motifs is 2. The zero-order chi connectivity index (χ0) is 26.6. The Bertz CT molecular complexity index is 1300. The molecule has 2 aliphatic heterocycles. The molecule has 0 saturated heterocycles. The van der Waals surface area contributed by atoms with E-state index >= 15 is 0 Å². The number of halogens is 1. The van der Waals surface area contributed by atoms with Gasteiger partial charge in [-0.15, -0.1) is 11.8 Å². The Morgan fingerprint density at radius 1 is 1.16 bits per heavy atom. The molecular weight excluding hydrogens is 510 g/mol. The van der Waals surface area contributed by atoms with Crippen molar-refractivity contribution in [3.8, 4) is 11.5 Å². The second-order valence-corrected chi connectivity index (χ2v) is 12.2. The summed E-state index contributed by atoms with van der Waals surface area (Å²) in [5.74, 6) is 0.460. The fourth-order valence-electron chi connectivity index (χ4n) is 6.17. The van der Waals surface area contributed by atoms with Gasteiger partial charge in [0.2, 0.25) is 0 Å². The van der Waals surface area contributed by atoms with Gasteiger partial charge in [0.05, 0.1) is 22.7 Å². The molecule has 2 aromatic rings. The average Bonchev–Trinajstić information content (AvgIpc) is 3.24. The number of nitrogens with zero attached hydrogens (tertiary/aromatic N) is 2. The molecule has 7 nitrogen and oxygen atoms in total. The van der Waals surface area contributed by atoms with Crippen LogP contribution >= 0.6 is 23.4 Å². The van der Waals surface area contributed by atoms with E-state index in [0.29, 0.717) is 46.7 Å². The Balaban J connectivity index is 1.43. The van der Waals surface area contributed by atoms with Crippen LogP contribution in [0.25, 0.3) is 0 Å². The van der Waals surface area contributed by atoms with Crippen molar-refractivity contribution in [2.75, 3.05) is 26.9 Å². The Kier molecular flexibility index (Phi) is 7.05. The number of amides is 1. The molecule has 5 rings (SSSR count). The number of nitrogens with one attached hydrogen (secondary N) is 1. The van der Waals surface area contributed by atoms with E-state index in [1.165, 1.54) is 11.8 Å². The third-order valence-electron chi connectivity index (χ3n) is 8.40. The van der Waals surface area contributed by atoms with Crippen molar-refractivity contribution in [1.29, 1.82) is 0 Å². The lowest BCUT2D eigenvalue weighted by Crippen LogP contribution is -2.46. The maximum atomic E-state index is 13.8. The number of carbonyl (C=O) groups is 1. The molecule has 3 heterocycles. The van der Waals surface area contributed by atoms with Crippen LogP contribution in [0, 0.1) is 19.8 Å². The molecule has 1 unspecified atom stereocenters. The van der Waals surface area contributed by atoms with E-state index in [-0.39, 0.29) is 23.9 Å². The Morgan fingerprint density at radius 2 is 1.84 bits per heavy atom. The van der Waals surface area contributed by atoms with Crippen molar-refractivity contribution in [3.63, 3.8) is 0 Å². The summed E-state index contributed by atoms with van der Waals surface area (Å²) in [6, 6.07) is 2.54. The van der Waals surface area contributed by atoms with Crippen molar-refractivity contribution in [2.45, 2.75) is 76.1 Å².